The summed E-state index contributed by atoms with van der Waals surface area (Å²) >= 11 is 6.14. The smallest absolute Gasteiger partial charge is 0.168 e. The molecule has 2 aromatic carbocycles. The first-order chi connectivity index (χ1) is 16.1. The lowest BCUT2D eigenvalue weighted by molar-refractivity contribution is -0.124. The van der Waals surface area contributed by atoms with Gasteiger partial charge in [0.15, 0.2) is 5.78 Å². The van der Waals surface area contributed by atoms with Gasteiger partial charge in [-0.05, 0) is 61.1 Å². The molecule has 1 aliphatic rings. The van der Waals surface area contributed by atoms with Crippen molar-refractivity contribution in [2.24, 2.45) is 11.3 Å². The summed E-state index contributed by atoms with van der Waals surface area (Å²) in [5.74, 6) is 0.845. The Kier molecular flexibility index (Phi) is 7.05. The van der Waals surface area contributed by atoms with Crippen LogP contribution in [0.1, 0.15) is 93.4 Å². The van der Waals surface area contributed by atoms with Gasteiger partial charge < -0.3 is 4.57 Å². The van der Waals surface area contributed by atoms with Gasteiger partial charge in [-0.1, -0.05) is 70.3 Å². The number of fused-ring (bicyclic) bond motifs is 1. The van der Waals surface area contributed by atoms with Crippen molar-refractivity contribution in [3.05, 3.63) is 69.9 Å². The Bertz CT molecular complexity index is 1210. The highest BCUT2D eigenvalue weighted by Gasteiger charge is 2.34. The van der Waals surface area contributed by atoms with Crippen molar-refractivity contribution < 1.29 is 9.59 Å². The summed E-state index contributed by atoms with van der Waals surface area (Å²) in [6, 6.07) is 14.4. The fraction of sp³-hybridized carbons (Fsp3) is 0.467. The number of ketones is 2. The van der Waals surface area contributed by atoms with Gasteiger partial charge in [0.05, 0.1) is 0 Å². The van der Waals surface area contributed by atoms with E-state index in [4.69, 9.17) is 11.6 Å². The molecule has 0 N–H and O–H groups in total. The number of carbonyl (C=O) groups is 2. The average molecular weight is 478 g/mol. The van der Waals surface area contributed by atoms with Gasteiger partial charge in [-0.15, -0.1) is 0 Å². The summed E-state index contributed by atoms with van der Waals surface area (Å²) in [4.78, 5) is 26.6. The molecule has 180 valence electrons. The minimum atomic E-state index is -0.558. The molecule has 0 saturated heterocycles. The van der Waals surface area contributed by atoms with Crippen molar-refractivity contribution in [1.82, 2.24) is 4.57 Å². The summed E-state index contributed by atoms with van der Waals surface area (Å²) in [6.45, 7) is 10.6. The Morgan fingerprint density at radius 2 is 1.71 bits per heavy atom. The lowest BCUT2D eigenvalue weighted by atomic mass is 9.81. The van der Waals surface area contributed by atoms with Crippen LogP contribution < -0.4 is 0 Å². The molecule has 0 bridgehead atoms. The van der Waals surface area contributed by atoms with E-state index in [2.05, 4.69) is 36.6 Å². The zero-order valence-electron chi connectivity index (χ0n) is 21.1. The van der Waals surface area contributed by atoms with Crippen molar-refractivity contribution in [3.8, 4) is 0 Å². The molecular formula is C30H36ClNO2. The molecule has 1 aliphatic carbocycles. The number of hydrogen-bond acceptors (Lipinski definition) is 2. The third-order valence-electron chi connectivity index (χ3n) is 7.65. The summed E-state index contributed by atoms with van der Waals surface area (Å²) < 4.78 is 2.27. The average Bonchev–Trinajstić information content (AvgIpc) is 3.42. The summed E-state index contributed by atoms with van der Waals surface area (Å²) in [6.07, 6.45) is 4.69. The first kappa shape index (κ1) is 24.7. The van der Waals surface area contributed by atoms with Gasteiger partial charge in [-0.25, -0.2) is 0 Å². The molecule has 0 amide bonds. The van der Waals surface area contributed by atoms with Crippen LogP contribution in [0.25, 0.3) is 10.9 Å². The van der Waals surface area contributed by atoms with Crippen molar-refractivity contribution in [1.29, 1.82) is 0 Å². The summed E-state index contributed by atoms with van der Waals surface area (Å²) in [5, 5.41) is 1.74. The first-order valence-electron chi connectivity index (χ1n) is 12.5. The maximum Gasteiger partial charge on any atom is 0.168 e. The predicted molar refractivity (Wildman–Crippen MR) is 141 cm³/mol. The fourth-order valence-corrected chi connectivity index (χ4v) is 5.26. The van der Waals surface area contributed by atoms with E-state index < -0.39 is 5.41 Å². The van der Waals surface area contributed by atoms with Gasteiger partial charge in [0, 0.05) is 51.5 Å². The minimum absolute atomic E-state index is 0.0801. The zero-order valence-corrected chi connectivity index (χ0v) is 21.8. The van der Waals surface area contributed by atoms with Crippen LogP contribution in [-0.4, -0.2) is 16.1 Å². The molecule has 0 atom stereocenters. The van der Waals surface area contributed by atoms with Crippen LogP contribution in [0, 0.1) is 11.3 Å². The second kappa shape index (κ2) is 9.70. The van der Waals surface area contributed by atoms with Crippen molar-refractivity contribution in [2.45, 2.75) is 79.2 Å². The van der Waals surface area contributed by atoms with Crippen molar-refractivity contribution in [3.63, 3.8) is 0 Å². The number of rotatable bonds is 8. The van der Waals surface area contributed by atoms with E-state index in [1.54, 1.807) is 6.92 Å². The lowest BCUT2D eigenvalue weighted by Crippen LogP contribution is -2.27. The minimum Gasteiger partial charge on any atom is -0.339 e. The largest absolute Gasteiger partial charge is 0.339 e. The van der Waals surface area contributed by atoms with E-state index in [-0.39, 0.29) is 17.5 Å². The number of nitrogens with zero attached hydrogens (tertiary/aromatic N) is 1. The summed E-state index contributed by atoms with van der Waals surface area (Å²) in [7, 11) is 0. The maximum absolute atomic E-state index is 14.0. The molecular weight excluding hydrogens is 442 g/mol. The molecule has 1 heterocycles. The maximum atomic E-state index is 14.0. The molecule has 1 aromatic heterocycles. The number of benzene rings is 2. The molecule has 34 heavy (non-hydrogen) atoms. The Morgan fingerprint density at radius 3 is 2.29 bits per heavy atom. The lowest BCUT2D eigenvalue weighted by Gasteiger charge is -2.24. The molecule has 4 heteroatoms. The third kappa shape index (κ3) is 4.86. The zero-order chi connectivity index (χ0) is 24.6. The highest BCUT2D eigenvalue weighted by atomic mass is 35.5. The standard InChI is InChI=1S/C30H36ClNO2/c1-19(2)23-12-15-26-25(16-23)28(29(34)22-8-6-7-9-22)27(17-30(4,5)20(3)33)32(26)18-21-10-13-24(31)14-11-21/h10-16,19,22H,6-9,17-18H2,1-5H3. The SMILES string of the molecule is CC(=O)C(C)(C)Cc1c(C(=O)C2CCCC2)c2cc(C(C)C)ccc2n1Cc1ccc(Cl)cc1. The number of halogens is 1. The van der Waals surface area contributed by atoms with Crippen LogP contribution in [0.4, 0.5) is 0 Å². The van der Waals surface area contributed by atoms with Gasteiger partial charge in [-0.3, -0.25) is 9.59 Å². The van der Waals surface area contributed by atoms with Gasteiger partial charge in [0.1, 0.15) is 5.78 Å². The van der Waals surface area contributed by atoms with Gasteiger partial charge in [0.25, 0.3) is 0 Å². The molecule has 0 aliphatic heterocycles. The topological polar surface area (TPSA) is 39.1 Å². The molecule has 1 fully saturated rings. The quantitative estimate of drug-likeness (QED) is 0.308. The second-order valence-corrected chi connectivity index (χ2v) is 11.4. The Hall–Kier alpha value is -2.39. The number of carbonyl (C=O) groups excluding carboxylic acids is 2. The molecule has 1 saturated carbocycles. The molecule has 0 spiro atoms. The molecule has 0 unspecified atom stereocenters. The van der Waals surface area contributed by atoms with E-state index in [0.29, 0.717) is 23.9 Å². The van der Waals surface area contributed by atoms with Crippen LogP contribution in [0.15, 0.2) is 42.5 Å². The summed E-state index contributed by atoms with van der Waals surface area (Å²) in [5.41, 5.74) is 4.69. The van der Waals surface area contributed by atoms with E-state index in [9.17, 15) is 9.59 Å². The van der Waals surface area contributed by atoms with Crippen molar-refractivity contribution >= 4 is 34.1 Å². The van der Waals surface area contributed by atoms with E-state index in [1.807, 2.05) is 38.1 Å². The van der Waals surface area contributed by atoms with Crippen LogP contribution in [0.3, 0.4) is 0 Å². The molecule has 3 aromatic rings. The number of hydrogen-bond donors (Lipinski definition) is 0. The Morgan fingerprint density at radius 1 is 1.06 bits per heavy atom. The van der Waals surface area contributed by atoms with Crippen LogP contribution in [0.2, 0.25) is 5.02 Å². The highest BCUT2D eigenvalue weighted by molar-refractivity contribution is 6.30. The predicted octanol–water partition coefficient (Wildman–Crippen LogP) is 8.00. The normalized spacial score (nSPS) is 14.9. The van der Waals surface area contributed by atoms with Crippen molar-refractivity contribution in [2.75, 3.05) is 0 Å². The van der Waals surface area contributed by atoms with E-state index >= 15 is 0 Å². The molecule has 4 rings (SSSR count). The van der Waals surface area contributed by atoms with Gasteiger partial charge in [0.2, 0.25) is 0 Å². The monoisotopic (exact) mass is 477 g/mol. The van der Waals surface area contributed by atoms with Crippen LogP contribution in [-0.2, 0) is 17.8 Å². The number of Topliss-reactive ketones (excluding diaryl/α,β-unsaturated/α-hetero) is 2. The third-order valence-corrected chi connectivity index (χ3v) is 7.90. The Labute approximate surface area is 208 Å². The number of aromatic nitrogens is 1. The van der Waals surface area contributed by atoms with Crippen LogP contribution in [0.5, 0.6) is 0 Å². The van der Waals surface area contributed by atoms with E-state index in [1.165, 1.54) is 5.56 Å². The molecule has 0 radical (unpaired) electrons. The Balaban J connectivity index is 1.97. The first-order valence-corrected chi connectivity index (χ1v) is 12.9. The van der Waals surface area contributed by atoms with Gasteiger partial charge >= 0.3 is 0 Å². The fourth-order valence-electron chi connectivity index (χ4n) is 5.13. The van der Waals surface area contributed by atoms with Gasteiger partial charge in [-0.2, -0.15) is 0 Å². The van der Waals surface area contributed by atoms with Crippen LogP contribution >= 0.6 is 11.6 Å². The molecule has 3 nitrogen and oxygen atoms in total. The van der Waals surface area contributed by atoms with E-state index in [0.717, 1.165) is 53.4 Å². The highest BCUT2D eigenvalue weighted by Crippen LogP contribution is 2.38. The second-order valence-electron chi connectivity index (χ2n) is 10.9.